The molecule has 0 heterocycles. The fourth-order valence-electron chi connectivity index (χ4n) is 2.57. The van der Waals surface area contributed by atoms with Crippen LogP contribution in [0.25, 0.3) is 0 Å². The molecule has 2 aromatic rings. The van der Waals surface area contributed by atoms with Gasteiger partial charge in [-0.2, -0.15) is 11.8 Å². The lowest BCUT2D eigenvalue weighted by molar-refractivity contribution is -0.118. The molecule has 0 aliphatic heterocycles. The first kappa shape index (κ1) is 21.9. The van der Waals surface area contributed by atoms with Gasteiger partial charge in [0.25, 0.3) is 5.91 Å². The summed E-state index contributed by atoms with van der Waals surface area (Å²) in [6.07, 6.45) is 2.41. The number of halogens is 1. The molecule has 0 saturated heterocycles. The Kier molecular flexibility index (Phi) is 8.47. The molecule has 2 rings (SSSR count). The van der Waals surface area contributed by atoms with Crippen molar-refractivity contribution in [2.75, 3.05) is 31.5 Å². The number of hydrogen-bond acceptors (Lipinski definition) is 5. The van der Waals surface area contributed by atoms with E-state index in [1.54, 1.807) is 54.2 Å². The van der Waals surface area contributed by atoms with Crippen LogP contribution in [0.1, 0.15) is 16.8 Å². The molecule has 0 bridgehead atoms. The first-order valence-electron chi connectivity index (χ1n) is 8.57. The zero-order valence-corrected chi connectivity index (χ0v) is 17.5. The second-order valence-electron chi connectivity index (χ2n) is 5.84. The Labute approximate surface area is 173 Å². The van der Waals surface area contributed by atoms with Crippen molar-refractivity contribution < 1.29 is 19.1 Å². The van der Waals surface area contributed by atoms with E-state index in [1.165, 1.54) is 14.2 Å². The van der Waals surface area contributed by atoms with E-state index >= 15 is 0 Å². The van der Waals surface area contributed by atoms with Crippen LogP contribution in [0, 0.1) is 0 Å². The summed E-state index contributed by atoms with van der Waals surface area (Å²) in [5.74, 6) is 0.907. The van der Waals surface area contributed by atoms with E-state index in [-0.39, 0.29) is 11.8 Å². The normalized spacial score (nSPS) is 11.4. The summed E-state index contributed by atoms with van der Waals surface area (Å²) in [5, 5.41) is 6.06. The van der Waals surface area contributed by atoms with Crippen molar-refractivity contribution in [2.24, 2.45) is 0 Å². The van der Waals surface area contributed by atoms with Gasteiger partial charge < -0.3 is 20.1 Å². The van der Waals surface area contributed by atoms with E-state index < -0.39 is 6.04 Å². The SMILES string of the molecule is COc1ccc(Cl)cc1NC(=O)[C@H](CCSC)NC(=O)c1ccccc1OC. The monoisotopic (exact) mass is 422 g/mol. The van der Waals surface area contributed by atoms with Crippen LogP contribution < -0.4 is 20.1 Å². The third kappa shape index (κ3) is 5.81. The van der Waals surface area contributed by atoms with Gasteiger partial charge in [-0.25, -0.2) is 0 Å². The highest BCUT2D eigenvalue weighted by Gasteiger charge is 2.23. The van der Waals surface area contributed by atoms with Gasteiger partial charge >= 0.3 is 0 Å². The summed E-state index contributed by atoms with van der Waals surface area (Å²) >= 11 is 7.62. The molecule has 0 aromatic heterocycles. The lowest BCUT2D eigenvalue weighted by Crippen LogP contribution is -2.44. The molecule has 0 aliphatic carbocycles. The fraction of sp³-hybridized carbons (Fsp3) is 0.300. The average Bonchev–Trinajstić information content (AvgIpc) is 2.70. The Morgan fingerprint density at radius 1 is 1.11 bits per heavy atom. The molecule has 28 heavy (non-hydrogen) atoms. The van der Waals surface area contributed by atoms with Crippen LogP contribution in [0.3, 0.4) is 0 Å². The molecule has 0 fully saturated rings. The van der Waals surface area contributed by atoms with Crippen molar-refractivity contribution in [3.8, 4) is 11.5 Å². The van der Waals surface area contributed by atoms with E-state index in [0.717, 1.165) is 0 Å². The number of methoxy groups -OCH3 is 2. The molecule has 2 amide bonds. The first-order chi connectivity index (χ1) is 13.5. The maximum absolute atomic E-state index is 12.9. The number of benzene rings is 2. The second kappa shape index (κ2) is 10.8. The Bertz CT molecular complexity index is 832. The van der Waals surface area contributed by atoms with E-state index in [9.17, 15) is 9.59 Å². The molecule has 8 heteroatoms. The maximum Gasteiger partial charge on any atom is 0.255 e. The van der Waals surface area contributed by atoms with Crippen LogP contribution in [0.5, 0.6) is 11.5 Å². The Hall–Kier alpha value is -2.38. The van der Waals surface area contributed by atoms with Crippen LogP contribution >= 0.6 is 23.4 Å². The maximum atomic E-state index is 12.9. The standard InChI is InChI=1S/C20H23ClN2O4S/c1-26-17-7-5-4-6-14(17)19(24)22-15(10-11-28-3)20(25)23-16-12-13(21)8-9-18(16)27-2/h4-9,12,15H,10-11H2,1-3H3,(H,22,24)(H,23,25)/t15-/m0/s1. The number of rotatable bonds is 9. The number of amides is 2. The van der Waals surface area contributed by atoms with E-state index in [1.807, 2.05) is 6.26 Å². The minimum absolute atomic E-state index is 0.349. The number of carbonyl (C=O) groups is 2. The Morgan fingerprint density at radius 3 is 2.50 bits per heavy atom. The van der Waals surface area contributed by atoms with Crippen molar-refractivity contribution in [3.63, 3.8) is 0 Å². The Morgan fingerprint density at radius 2 is 1.82 bits per heavy atom. The summed E-state index contributed by atoms with van der Waals surface area (Å²) in [7, 11) is 3.00. The largest absolute Gasteiger partial charge is 0.496 e. The zero-order chi connectivity index (χ0) is 20.5. The molecule has 0 aliphatic rings. The van der Waals surface area contributed by atoms with Gasteiger partial charge in [-0.15, -0.1) is 0 Å². The topological polar surface area (TPSA) is 76.7 Å². The number of thioether (sulfide) groups is 1. The van der Waals surface area contributed by atoms with Crippen molar-refractivity contribution in [1.82, 2.24) is 5.32 Å². The number of nitrogens with one attached hydrogen (secondary N) is 2. The lowest BCUT2D eigenvalue weighted by atomic mass is 10.1. The van der Waals surface area contributed by atoms with E-state index in [4.69, 9.17) is 21.1 Å². The van der Waals surface area contributed by atoms with Gasteiger partial charge in [-0.3, -0.25) is 9.59 Å². The highest BCUT2D eigenvalue weighted by atomic mass is 35.5. The fourth-order valence-corrected chi connectivity index (χ4v) is 3.21. The van der Waals surface area contributed by atoms with Gasteiger partial charge in [-0.1, -0.05) is 23.7 Å². The smallest absolute Gasteiger partial charge is 0.255 e. The van der Waals surface area contributed by atoms with Crippen molar-refractivity contribution in [2.45, 2.75) is 12.5 Å². The summed E-state index contributed by atoms with van der Waals surface area (Å²) in [6.45, 7) is 0. The van der Waals surface area contributed by atoms with Crippen molar-refractivity contribution in [1.29, 1.82) is 0 Å². The second-order valence-corrected chi connectivity index (χ2v) is 7.26. The molecule has 1 atom stereocenters. The molecule has 0 saturated carbocycles. The predicted molar refractivity (Wildman–Crippen MR) is 114 cm³/mol. The van der Waals surface area contributed by atoms with E-state index in [2.05, 4.69) is 10.6 Å². The van der Waals surface area contributed by atoms with Gasteiger partial charge in [-0.05, 0) is 48.8 Å². The summed E-state index contributed by atoms with van der Waals surface area (Å²) in [6, 6.07) is 11.1. The molecular weight excluding hydrogens is 400 g/mol. The van der Waals surface area contributed by atoms with E-state index in [0.29, 0.717) is 39.9 Å². The summed E-state index contributed by atoms with van der Waals surface area (Å²) < 4.78 is 10.5. The van der Waals surface area contributed by atoms with Gasteiger partial charge in [0, 0.05) is 5.02 Å². The van der Waals surface area contributed by atoms with Crippen molar-refractivity contribution in [3.05, 3.63) is 53.1 Å². The molecule has 6 nitrogen and oxygen atoms in total. The zero-order valence-electron chi connectivity index (χ0n) is 16.0. The number of para-hydroxylation sites is 1. The number of hydrogen-bond donors (Lipinski definition) is 2. The van der Waals surface area contributed by atoms with Gasteiger partial charge in [0.1, 0.15) is 17.5 Å². The van der Waals surface area contributed by atoms with Crippen LogP contribution in [0.15, 0.2) is 42.5 Å². The van der Waals surface area contributed by atoms with Gasteiger partial charge in [0.15, 0.2) is 0 Å². The van der Waals surface area contributed by atoms with Gasteiger partial charge in [0.05, 0.1) is 25.5 Å². The van der Waals surface area contributed by atoms with Crippen LogP contribution in [-0.4, -0.2) is 44.1 Å². The van der Waals surface area contributed by atoms with Crippen LogP contribution in [-0.2, 0) is 4.79 Å². The molecule has 0 radical (unpaired) electrons. The quantitative estimate of drug-likeness (QED) is 0.641. The third-order valence-corrected chi connectivity index (χ3v) is 4.88. The molecule has 2 aromatic carbocycles. The average molecular weight is 423 g/mol. The predicted octanol–water partition coefficient (Wildman–Crippen LogP) is 3.85. The summed E-state index contributed by atoms with van der Waals surface area (Å²) in [4.78, 5) is 25.6. The van der Waals surface area contributed by atoms with Crippen LogP contribution in [0.2, 0.25) is 5.02 Å². The number of anilines is 1. The third-order valence-electron chi connectivity index (χ3n) is 4.00. The molecule has 2 N–H and O–H groups in total. The lowest BCUT2D eigenvalue weighted by Gasteiger charge is -2.20. The molecule has 0 spiro atoms. The van der Waals surface area contributed by atoms with Crippen LogP contribution in [0.4, 0.5) is 5.69 Å². The minimum atomic E-state index is -0.728. The Balaban J connectivity index is 2.19. The number of carbonyl (C=O) groups excluding carboxylic acids is 2. The molecule has 150 valence electrons. The van der Waals surface area contributed by atoms with Crippen molar-refractivity contribution >= 4 is 40.9 Å². The molecular formula is C20H23ClN2O4S. The molecule has 0 unspecified atom stereocenters. The summed E-state index contributed by atoms with van der Waals surface area (Å²) in [5.41, 5.74) is 0.813. The highest BCUT2D eigenvalue weighted by Crippen LogP contribution is 2.28. The van der Waals surface area contributed by atoms with Gasteiger partial charge in [0.2, 0.25) is 5.91 Å². The first-order valence-corrected chi connectivity index (χ1v) is 10.3. The number of ether oxygens (including phenoxy) is 2. The minimum Gasteiger partial charge on any atom is -0.496 e. The highest BCUT2D eigenvalue weighted by molar-refractivity contribution is 7.98.